The number of nitrogens with zero attached hydrogens (tertiary/aromatic N) is 9. The van der Waals surface area contributed by atoms with Gasteiger partial charge < -0.3 is 20.0 Å². The van der Waals surface area contributed by atoms with Crippen molar-refractivity contribution < 1.29 is 41.5 Å². The van der Waals surface area contributed by atoms with E-state index in [1.807, 2.05) is 43.1 Å². The third-order valence-electron chi connectivity index (χ3n) is 14.5. The van der Waals surface area contributed by atoms with Crippen molar-refractivity contribution in [1.82, 2.24) is 50.4 Å². The molecule has 0 radical (unpaired) electrons. The number of nitrogens with one attached hydrogen (secondary N) is 3. The summed E-state index contributed by atoms with van der Waals surface area (Å²) in [6.45, 7) is 11.7. The monoisotopic (exact) mass is 950 g/mol. The third-order valence-corrected chi connectivity index (χ3v) is 14.5. The first-order valence-corrected chi connectivity index (χ1v) is 22.9. The maximum atomic E-state index is 15.4. The summed E-state index contributed by atoms with van der Waals surface area (Å²) in [6.07, 6.45) is 2.45. The van der Waals surface area contributed by atoms with Crippen LogP contribution in [0.2, 0.25) is 0 Å². The Morgan fingerprint density at radius 1 is 0.899 bits per heavy atom. The number of piperidine rings is 2. The molecule has 5 aliphatic heterocycles. The smallest absolute Gasteiger partial charge is 0.368 e. The lowest BCUT2D eigenvalue weighted by Gasteiger charge is -2.61. The highest BCUT2D eigenvalue weighted by Crippen LogP contribution is 2.45. The summed E-state index contributed by atoms with van der Waals surface area (Å²) in [5, 5.41) is 15.5. The van der Waals surface area contributed by atoms with Crippen molar-refractivity contribution in [2.24, 2.45) is 11.3 Å². The summed E-state index contributed by atoms with van der Waals surface area (Å²) in [5.41, 5.74) is 3.01. The minimum Gasteiger partial charge on any atom is -0.368 e. The predicted octanol–water partition coefficient (Wildman–Crippen LogP) is 5.02. The normalized spacial score (nSPS) is 19.8. The molecule has 2 aromatic carbocycles. The van der Waals surface area contributed by atoms with Gasteiger partial charge in [-0.05, 0) is 99.9 Å². The molecule has 3 aromatic heterocycles. The van der Waals surface area contributed by atoms with Crippen molar-refractivity contribution in [1.29, 1.82) is 0 Å². The van der Waals surface area contributed by atoms with Crippen LogP contribution in [-0.4, -0.2) is 127 Å². The number of rotatable bonds is 11. The number of amides is 5. The van der Waals surface area contributed by atoms with E-state index in [0.29, 0.717) is 19.0 Å². The summed E-state index contributed by atoms with van der Waals surface area (Å²) in [7, 11) is 0. The molecular formula is C48H50F4N12O5. The SMILES string of the molecule is Cc1ccc(-n2cc(C(=O)NCc3nc(C(C)(C)C(F)(F)F)n[nH]3)cn2)c(C)c1-c1ccc(N2CCC(CN3CC4(C3)CN(c3cc5c(cc3F)C(=O)N(C3CCC(=O)NC3=O)C5=O)C4)CC2)nc1. The van der Waals surface area contributed by atoms with Crippen LogP contribution in [-0.2, 0) is 21.5 Å². The van der Waals surface area contributed by atoms with Gasteiger partial charge in [0.1, 0.15) is 28.9 Å². The topological polar surface area (TPSA) is 195 Å². The summed E-state index contributed by atoms with van der Waals surface area (Å²) >= 11 is 0. The van der Waals surface area contributed by atoms with E-state index in [9.17, 15) is 37.1 Å². The second kappa shape index (κ2) is 16.9. The lowest BCUT2D eigenvalue weighted by Crippen LogP contribution is -2.72. The molecular weight excluding hydrogens is 901 g/mol. The Morgan fingerprint density at radius 3 is 2.30 bits per heavy atom. The van der Waals surface area contributed by atoms with Crippen LogP contribution in [0.5, 0.6) is 0 Å². The fraction of sp³-hybridized carbons (Fsp3) is 0.438. The second-order valence-corrected chi connectivity index (χ2v) is 19.6. The standard InChI is InChI=1S/C48H50F4N12O5/c1-26-5-7-34(63-21-30(18-55-63)41(66)54-19-37-56-45(59-58-37)46(3,4)48(50,51)52)27(2)40(26)29-6-9-38(53-17-29)61-13-11-28(12-14-61)20-60-22-47(23-60)24-62(25-47)36-16-32-31(15-33(36)49)43(68)64(44(32)69)35-8-10-39(65)57-42(35)67/h5-7,9,15-18,21,28,35H,8,10-14,19-20,22-25H2,1-4H3,(H,54,66)(H,56,58,59)(H,57,65,67). The maximum Gasteiger partial charge on any atom is 0.401 e. The van der Waals surface area contributed by atoms with E-state index >= 15 is 4.39 Å². The Hall–Kier alpha value is -7.03. The first-order chi connectivity index (χ1) is 32.8. The number of benzene rings is 2. The van der Waals surface area contributed by atoms with Gasteiger partial charge >= 0.3 is 6.18 Å². The Bertz CT molecular complexity index is 2910. The number of halogens is 4. The summed E-state index contributed by atoms with van der Waals surface area (Å²) in [5.74, 6) is -2.49. The fourth-order valence-corrected chi connectivity index (χ4v) is 10.5. The van der Waals surface area contributed by atoms with Crippen LogP contribution in [0.25, 0.3) is 16.8 Å². The van der Waals surface area contributed by atoms with Crippen LogP contribution >= 0.6 is 0 Å². The van der Waals surface area contributed by atoms with Crippen molar-refractivity contribution in [2.45, 2.75) is 77.6 Å². The van der Waals surface area contributed by atoms with Gasteiger partial charge in [-0.1, -0.05) is 6.07 Å². The number of imide groups is 2. The lowest BCUT2D eigenvalue weighted by molar-refractivity contribution is -0.182. The summed E-state index contributed by atoms with van der Waals surface area (Å²) in [4.78, 5) is 79.9. The molecule has 0 bridgehead atoms. The van der Waals surface area contributed by atoms with Gasteiger partial charge in [0.15, 0.2) is 5.82 Å². The van der Waals surface area contributed by atoms with Gasteiger partial charge in [-0.25, -0.2) is 19.0 Å². The van der Waals surface area contributed by atoms with Crippen LogP contribution in [0.3, 0.4) is 0 Å². The van der Waals surface area contributed by atoms with E-state index in [-0.39, 0.29) is 53.0 Å². The zero-order chi connectivity index (χ0) is 48.7. The minimum absolute atomic E-state index is 0.00844. The number of fused-ring (bicyclic) bond motifs is 1. The maximum absolute atomic E-state index is 15.4. The highest BCUT2D eigenvalue weighted by atomic mass is 19.4. The van der Waals surface area contributed by atoms with Crippen LogP contribution in [0.15, 0.2) is 55.0 Å². The van der Waals surface area contributed by atoms with E-state index in [2.05, 4.69) is 46.8 Å². The number of carbonyl (C=O) groups is 5. The molecule has 5 aromatic rings. The number of anilines is 2. The predicted molar refractivity (Wildman–Crippen MR) is 242 cm³/mol. The van der Waals surface area contributed by atoms with E-state index in [1.54, 1.807) is 10.9 Å². The second-order valence-electron chi connectivity index (χ2n) is 19.6. The van der Waals surface area contributed by atoms with Gasteiger partial charge in [0.25, 0.3) is 17.7 Å². The van der Waals surface area contributed by atoms with Crippen LogP contribution in [0.4, 0.5) is 29.1 Å². The molecule has 3 N–H and O–H groups in total. The van der Waals surface area contributed by atoms with Crippen LogP contribution < -0.4 is 20.4 Å². The van der Waals surface area contributed by atoms with E-state index in [4.69, 9.17) is 4.98 Å². The molecule has 1 atom stereocenters. The molecule has 69 heavy (non-hydrogen) atoms. The lowest BCUT2D eigenvalue weighted by atomic mass is 9.72. The number of H-pyrrole nitrogens is 1. The van der Waals surface area contributed by atoms with Gasteiger partial charge in [-0.3, -0.25) is 39.3 Å². The number of likely N-dealkylation sites (tertiary alicyclic amines) is 1. The number of hydrogen-bond acceptors (Lipinski definition) is 12. The Kier molecular flexibility index (Phi) is 11.2. The van der Waals surface area contributed by atoms with Gasteiger partial charge in [0, 0.05) is 75.6 Å². The molecule has 17 nitrogen and oxygen atoms in total. The highest BCUT2D eigenvalue weighted by Gasteiger charge is 2.54. The molecule has 10 rings (SSSR count). The van der Waals surface area contributed by atoms with Gasteiger partial charge in [-0.15, -0.1) is 0 Å². The number of alkyl halides is 3. The Morgan fingerprint density at radius 2 is 1.62 bits per heavy atom. The van der Waals surface area contributed by atoms with Gasteiger partial charge in [0.2, 0.25) is 11.8 Å². The van der Waals surface area contributed by atoms with Crippen molar-refractivity contribution in [2.75, 3.05) is 55.6 Å². The first kappa shape index (κ1) is 45.7. The molecule has 360 valence electrons. The van der Waals surface area contributed by atoms with Crippen LogP contribution in [0, 0.1) is 31.0 Å². The van der Waals surface area contributed by atoms with Crippen molar-refractivity contribution >= 4 is 41.0 Å². The minimum atomic E-state index is -4.55. The van der Waals surface area contributed by atoms with Crippen molar-refractivity contribution in [3.63, 3.8) is 0 Å². The van der Waals surface area contributed by atoms with Gasteiger partial charge in [0.05, 0.1) is 40.8 Å². The molecule has 8 heterocycles. The molecule has 0 saturated carbocycles. The first-order valence-electron chi connectivity index (χ1n) is 22.9. The average Bonchev–Trinajstić information content (AvgIpc) is 4.03. The van der Waals surface area contributed by atoms with Gasteiger partial charge in [-0.2, -0.15) is 23.4 Å². The number of aryl methyl sites for hydroxylation is 1. The highest BCUT2D eigenvalue weighted by molar-refractivity contribution is 6.23. The number of aromatic amines is 1. The average molecular weight is 951 g/mol. The molecule has 5 amide bonds. The molecule has 1 unspecified atom stereocenters. The molecule has 4 fully saturated rings. The Labute approximate surface area is 393 Å². The third kappa shape index (κ3) is 8.18. The zero-order valence-corrected chi connectivity index (χ0v) is 38.4. The molecule has 1 spiro atoms. The largest absolute Gasteiger partial charge is 0.401 e. The van der Waals surface area contributed by atoms with E-state index < -0.39 is 58.8 Å². The zero-order valence-electron chi connectivity index (χ0n) is 38.4. The quantitative estimate of drug-likeness (QED) is 0.119. The number of hydrogen-bond donors (Lipinski definition) is 3. The Balaban J connectivity index is 0.698. The molecule has 0 aliphatic carbocycles. The van der Waals surface area contributed by atoms with Crippen LogP contribution in [0.1, 0.15) is 93.4 Å². The van der Waals surface area contributed by atoms with E-state index in [1.165, 1.54) is 12.3 Å². The summed E-state index contributed by atoms with van der Waals surface area (Å²) in [6, 6.07) is 9.46. The number of pyridine rings is 1. The van der Waals surface area contributed by atoms with E-state index in [0.717, 1.165) is 104 Å². The number of carbonyl (C=O) groups excluding carboxylic acids is 5. The summed E-state index contributed by atoms with van der Waals surface area (Å²) < 4.78 is 57.4. The van der Waals surface area contributed by atoms with Crippen molar-refractivity contribution in [3.05, 3.63) is 100 Å². The molecule has 21 heteroatoms. The number of aromatic nitrogens is 6. The molecule has 5 aliphatic rings. The molecule has 4 saturated heterocycles. The van der Waals surface area contributed by atoms with Crippen molar-refractivity contribution in [3.8, 4) is 16.8 Å². The fourth-order valence-electron chi connectivity index (χ4n) is 10.5.